The van der Waals surface area contributed by atoms with Gasteiger partial charge in [0, 0.05) is 93.7 Å². The third-order valence-electron chi connectivity index (χ3n) is 24.6. The number of aryl methyl sites for hydroxylation is 2. The van der Waals surface area contributed by atoms with Gasteiger partial charge in [-0.2, -0.15) is 0 Å². The van der Waals surface area contributed by atoms with Crippen molar-refractivity contribution in [1.29, 1.82) is 0 Å². The molecule has 10 aliphatic rings. The van der Waals surface area contributed by atoms with Gasteiger partial charge in [0.1, 0.15) is 23.0 Å². The second kappa shape index (κ2) is 20.2. The monoisotopic (exact) mass is 1270 g/mol. The Morgan fingerprint density at radius 2 is 0.626 bits per heavy atom. The molecule has 0 bridgehead atoms. The second-order valence-electron chi connectivity index (χ2n) is 29.1. The standard InChI is InChI=1S/C92H67BN4O2/c1-7-32-68-62(26-1)63-27-2-8-33-69(63)91(68)72-36-11-15-42-82(72)98-84-54-56(44-46-74(84)91)60-24-5-13-38-78(60)96-80-40-17-41-81-86(80)93(76-52-58-22-18-48-94-50-20-30-66(87(58)94)89(76)96)77-53-59-23-19-49-95-51-21-31-67(88(59)95)90(77)97(81)79-39-14-6-25-61(79)57-45-47-75-85(55-57)99-83-43-16-12-37-73(83)92(75)70-34-9-3-28-64(70)65-29-4-10-35-71(65)92/h1-17,24-29,32-47,52-55H,18-23,30-31,48-51H2. The molecule has 8 aliphatic heterocycles. The highest BCUT2D eigenvalue weighted by Gasteiger charge is 2.54. The number of benzene rings is 13. The maximum atomic E-state index is 7.28. The topological polar surface area (TPSA) is 31.4 Å². The first-order valence-electron chi connectivity index (χ1n) is 36.1. The molecule has 0 N–H and O–H groups in total. The van der Waals surface area contributed by atoms with E-state index in [1.54, 1.807) is 0 Å². The highest BCUT2D eigenvalue weighted by Crippen LogP contribution is 2.65. The number of nitrogens with zero attached hydrogens (tertiary/aromatic N) is 4. The molecule has 0 fully saturated rings. The van der Waals surface area contributed by atoms with Crippen LogP contribution in [0.3, 0.4) is 0 Å². The van der Waals surface area contributed by atoms with E-state index in [-0.39, 0.29) is 6.71 Å². The van der Waals surface area contributed by atoms with Gasteiger partial charge in [-0.1, -0.05) is 212 Å². The average molecular weight is 1270 g/mol. The Morgan fingerprint density at radius 1 is 0.283 bits per heavy atom. The molecule has 6 nitrogen and oxygen atoms in total. The largest absolute Gasteiger partial charge is 0.457 e. The zero-order chi connectivity index (χ0) is 64.4. The molecule has 0 aromatic heterocycles. The first-order chi connectivity index (χ1) is 49.1. The normalized spacial score (nSPS) is 16.8. The molecule has 13 aromatic carbocycles. The van der Waals surface area contributed by atoms with E-state index < -0.39 is 10.8 Å². The molecule has 0 radical (unpaired) electrons. The zero-order valence-electron chi connectivity index (χ0n) is 55.0. The minimum Gasteiger partial charge on any atom is -0.457 e. The molecule has 0 saturated heterocycles. The molecule has 0 unspecified atom stereocenters. The molecule has 470 valence electrons. The van der Waals surface area contributed by atoms with Crippen LogP contribution in [0.15, 0.2) is 261 Å². The highest BCUT2D eigenvalue weighted by atomic mass is 16.5. The Labute approximate surface area is 577 Å². The van der Waals surface area contributed by atoms with E-state index in [0.717, 1.165) is 98.8 Å². The van der Waals surface area contributed by atoms with Gasteiger partial charge in [0.15, 0.2) is 0 Å². The molecule has 0 amide bonds. The fourth-order valence-electron chi connectivity index (χ4n) is 21.0. The van der Waals surface area contributed by atoms with Crippen molar-refractivity contribution in [2.75, 3.05) is 45.8 Å². The minimum atomic E-state index is -0.554. The summed E-state index contributed by atoms with van der Waals surface area (Å²) in [5.74, 6) is 3.59. The van der Waals surface area contributed by atoms with Crippen LogP contribution in [0.4, 0.5) is 45.5 Å². The fraction of sp³-hybridized carbons (Fsp3) is 0.152. The van der Waals surface area contributed by atoms with Crippen LogP contribution in [-0.4, -0.2) is 32.9 Å². The Bertz CT molecular complexity index is 5310. The quantitative estimate of drug-likeness (QED) is 0.163. The first kappa shape index (κ1) is 54.8. The van der Waals surface area contributed by atoms with Crippen molar-refractivity contribution < 1.29 is 9.47 Å². The van der Waals surface area contributed by atoms with Gasteiger partial charge in [-0.05, 0) is 194 Å². The highest BCUT2D eigenvalue weighted by molar-refractivity contribution is 7.00. The number of fused-ring (bicyclic) bond motifs is 24. The molecule has 7 heteroatoms. The van der Waals surface area contributed by atoms with Crippen LogP contribution in [0.2, 0.25) is 0 Å². The number of para-hydroxylation sites is 4. The Kier molecular flexibility index (Phi) is 11.2. The summed E-state index contributed by atoms with van der Waals surface area (Å²) in [6, 6.07) is 99.4. The number of ether oxygens (including phenoxy) is 2. The van der Waals surface area contributed by atoms with Gasteiger partial charge in [0.25, 0.3) is 6.71 Å². The SMILES string of the molecule is c1ccc2c(c1)Oc1cc(-c3ccccc3N3c4cccc5c4B(c4cc6c7c(c43)CCCN7CCC6)c3cc4c6c(c3N5c3ccccc3-c3ccc5c(c3)Oc3ccccc3C53c5ccccc5-c5ccccc53)CCCN6CCC4)ccc1C21c2ccccc2-c2ccccc21. The lowest BCUT2D eigenvalue weighted by molar-refractivity contribution is 0.436. The van der Waals surface area contributed by atoms with E-state index in [4.69, 9.17) is 9.47 Å². The van der Waals surface area contributed by atoms with Crippen molar-refractivity contribution in [3.8, 4) is 67.5 Å². The van der Waals surface area contributed by atoms with Crippen LogP contribution in [-0.2, 0) is 36.5 Å². The van der Waals surface area contributed by atoms with Gasteiger partial charge >= 0.3 is 0 Å². The van der Waals surface area contributed by atoms with Crippen LogP contribution in [0.25, 0.3) is 44.5 Å². The zero-order valence-corrected chi connectivity index (χ0v) is 55.0. The maximum absolute atomic E-state index is 7.28. The number of rotatable bonds is 4. The van der Waals surface area contributed by atoms with E-state index >= 15 is 0 Å². The fourth-order valence-corrected chi connectivity index (χ4v) is 21.0. The molecule has 0 saturated carbocycles. The first-order valence-corrected chi connectivity index (χ1v) is 36.1. The summed E-state index contributed by atoms with van der Waals surface area (Å²) in [4.78, 5) is 11.0. The molecule has 8 heterocycles. The Hall–Kier alpha value is -11.3. The maximum Gasteiger partial charge on any atom is 0.252 e. The Balaban J connectivity index is 0.752. The minimum absolute atomic E-state index is 0.0122. The molecular weight excluding hydrogens is 1200 g/mol. The summed E-state index contributed by atoms with van der Waals surface area (Å²) in [6.45, 7) is 4.39. The predicted octanol–water partition coefficient (Wildman–Crippen LogP) is 19.4. The van der Waals surface area contributed by atoms with Gasteiger partial charge in [-0.15, -0.1) is 0 Å². The van der Waals surface area contributed by atoms with E-state index in [2.05, 4.69) is 280 Å². The van der Waals surface area contributed by atoms with Crippen molar-refractivity contribution in [3.63, 3.8) is 0 Å². The summed E-state index contributed by atoms with van der Waals surface area (Å²) in [5.41, 5.74) is 39.4. The molecule has 99 heavy (non-hydrogen) atoms. The summed E-state index contributed by atoms with van der Waals surface area (Å²) < 4.78 is 14.6. The van der Waals surface area contributed by atoms with E-state index in [0.29, 0.717) is 0 Å². The lowest BCUT2D eigenvalue weighted by atomic mass is 9.32. The molecular formula is C92H67BN4O2. The molecule has 23 rings (SSSR count). The van der Waals surface area contributed by atoms with Crippen molar-refractivity contribution in [1.82, 2.24) is 0 Å². The van der Waals surface area contributed by atoms with Crippen molar-refractivity contribution in [2.24, 2.45) is 0 Å². The van der Waals surface area contributed by atoms with Gasteiger partial charge in [0.2, 0.25) is 0 Å². The van der Waals surface area contributed by atoms with Crippen molar-refractivity contribution in [2.45, 2.75) is 62.2 Å². The number of anilines is 8. The summed E-state index contributed by atoms with van der Waals surface area (Å²) in [7, 11) is 0. The smallest absolute Gasteiger partial charge is 0.252 e. The molecule has 13 aromatic rings. The summed E-state index contributed by atoms with van der Waals surface area (Å²) in [5, 5.41) is 0. The third-order valence-corrected chi connectivity index (χ3v) is 24.6. The number of hydrogen-bond acceptors (Lipinski definition) is 6. The summed E-state index contributed by atoms with van der Waals surface area (Å²) >= 11 is 0. The van der Waals surface area contributed by atoms with Gasteiger partial charge in [-0.3, -0.25) is 0 Å². The van der Waals surface area contributed by atoms with E-state index in [1.807, 2.05) is 0 Å². The van der Waals surface area contributed by atoms with Crippen LogP contribution < -0.4 is 45.5 Å². The third kappa shape index (κ3) is 7.07. The van der Waals surface area contributed by atoms with Crippen molar-refractivity contribution >= 4 is 68.6 Å². The van der Waals surface area contributed by atoms with Crippen LogP contribution in [0.5, 0.6) is 23.0 Å². The van der Waals surface area contributed by atoms with Crippen LogP contribution in [0.1, 0.15) is 92.4 Å². The van der Waals surface area contributed by atoms with E-state index in [9.17, 15) is 0 Å². The molecule has 2 aliphatic carbocycles. The van der Waals surface area contributed by atoms with Crippen molar-refractivity contribution in [3.05, 3.63) is 328 Å². The van der Waals surface area contributed by atoms with Crippen LogP contribution in [0, 0.1) is 0 Å². The van der Waals surface area contributed by atoms with E-state index in [1.165, 1.54) is 175 Å². The van der Waals surface area contributed by atoms with Gasteiger partial charge in [-0.25, -0.2) is 0 Å². The Morgan fingerprint density at radius 3 is 1.05 bits per heavy atom. The second-order valence-corrected chi connectivity index (χ2v) is 29.1. The molecule has 0 atom stereocenters. The van der Waals surface area contributed by atoms with Gasteiger partial charge in [0.05, 0.1) is 22.2 Å². The lowest BCUT2D eigenvalue weighted by Crippen LogP contribution is -2.62. The predicted molar refractivity (Wildman–Crippen MR) is 404 cm³/mol. The summed E-state index contributed by atoms with van der Waals surface area (Å²) in [6.07, 6.45) is 8.85. The van der Waals surface area contributed by atoms with Crippen LogP contribution >= 0.6 is 0 Å². The lowest BCUT2D eigenvalue weighted by Gasteiger charge is -2.49. The number of hydrogen-bond donors (Lipinski definition) is 0. The van der Waals surface area contributed by atoms with Gasteiger partial charge < -0.3 is 29.1 Å². The molecule has 2 spiro atoms. The average Bonchev–Trinajstić information content (AvgIpc) is 1.59.